The van der Waals surface area contributed by atoms with E-state index in [0.29, 0.717) is 5.82 Å². The monoisotopic (exact) mass is 360 g/mol. The molecule has 3 heterocycles. The number of rotatable bonds is 2. The van der Waals surface area contributed by atoms with Gasteiger partial charge in [-0.05, 0) is 41.5 Å². The van der Waals surface area contributed by atoms with Crippen LogP contribution >= 0.6 is 22.6 Å². The predicted molar refractivity (Wildman–Crippen MR) is 74.1 cm³/mol. The fourth-order valence-corrected chi connectivity index (χ4v) is 3.16. The van der Waals surface area contributed by atoms with Crippen LogP contribution in [0.25, 0.3) is 5.52 Å². The van der Waals surface area contributed by atoms with Crippen molar-refractivity contribution in [3.8, 4) is 0 Å². The van der Waals surface area contributed by atoms with Crippen molar-refractivity contribution >= 4 is 33.9 Å². The van der Waals surface area contributed by atoms with Gasteiger partial charge in [-0.3, -0.25) is 0 Å². The predicted octanol–water partition coefficient (Wildman–Crippen LogP) is 1.13. The summed E-state index contributed by atoms with van der Waals surface area (Å²) in [5.74, 6) is 0.470. The van der Waals surface area contributed by atoms with E-state index >= 15 is 0 Å². The second-order valence-electron chi connectivity index (χ2n) is 4.33. The van der Waals surface area contributed by atoms with Crippen molar-refractivity contribution < 1.29 is 9.84 Å². The van der Waals surface area contributed by atoms with Crippen molar-refractivity contribution in [3.05, 3.63) is 21.7 Å². The van der Waals surface area contributed by atoms with Crippen LogP contribution in [0.1, 0.15) is 24.6 Å². The van der Waals surface area contributed by atoms with Crippen molar-refractivity contribution in [2.75, 3.05) is 12.3 Å². The summed E-state index contributed by atoms with van der Waals surface area (Å²) in [6.07, 6.45) is 3.09. The molecule has 1 aliphatic heterocycles. The molecule has 6 nitrogen and oxygen atoms in total. The van der Waals surface area contributed by atoms with Gasteiger partial charge in [-0.15, -0.1) is 0 Å². The average molecular weight is 360 g/mol. The first-order chi connectivity index (χ1) is 8.70. The largest absolute Gasteiger partial charge is 0.394 e. The van der Waals surface area contributed by atoms with Crippen LogP contribution in [0.5, 0.6) is 0 Å². The maximum atomic E-state index is 9.11. The third kappa shape index (κ3) is 1.86. The van der Waals surface area contributed by atoms with E-state index in [1.807, 2.05) is 6.07 Å². The zero-order chi connectivity index (χ0) is 12.7. The molecule has 0 aliphatic carbocycles. The Morgan fingerprint density at radius 1 is 1.56 bits per heavy atom. The summed E-state index contributed by atoms with van der Waals surface area (Å²) in [4.78, 5) is 4.00. The van der Waals surface area contributed by atoms with Gasteiger partial charge in [0.25, 0.3) is 0 Å². The van der Waals surface area contributed by atoms with Crippen molar-refractivity contribution in [2.45, 2.75) is 25.0 Å². The Hall–Kier alpha value is -0.930. The molecule has 0 saturated carbocycles. The van der Waals surface area contributed by atoms with E-state index in [9.17, 15) is 0 Å². The molecule has 0 unspecified atom stereocenters. The van der Waals surface area contributed by atoms with Gasteiger partial charge in [-0.2, -0.15) is 5.10 Å². The molecule has 18 heavy (non-hydrogen) atoms. The van der Waals surface area contributed by atoms with Crippen LogP contribution in [0.3, 0.4) is 0 Å². The summed E-state index contributed by atoms with van der Waals surface area (Å²) in [6, 6.07) is 2.02. The van der Waals surface area contributed by atoms with Gasteiger partial charge in [0.2, 0.25) is 0 Å². The summed E-state index contributed by atoms with van der Waals surface area (Å²) in [6.45, 7) is 0.0635. The van der Waals surface area contributed by atoms with Crippen molar-refractivity contribution in [1.82, 2.24) is 14.6 Å². The molecule has 1 saturated heterocycles. The molecule has 0 aromatic carbocycles. The molecule has 1 aliphatic rings. The van der Waals surface area contributed by atoms with Crippen LogP contribution < -0.4 is 5.73 Å². The van der Waals surface area contributed by atoms with Gasteiger partial charge in [0.05, 0.1) is 18.4 Å². The van der Waals surface area contributed by atoms with Crippen LogP contribution in [0.15, 0.2) is 12.4 Å². The maximum absolute atomic E-state index is 9.11. The summed E-state index contributed by atoms with van der Waals surface area (Å²) in [5.41, 5.74) is 7.66. The van der Waals surface area contributed by atoms with E-state index in [1.54, 1.807) is 4.52 Å². The van der Waals surface area contributed by atoms with Gasteiger partial charge < -0.3 is 15.6 Å². The van der Waals surface area contributed by atoms with Crippen molar-refractivity contribution in [3.63, 3.8) is 0 Å². The lowest BCUT2D eigenvalue weighted by Gasteiger charge is -2.11. The standard InChI is InChI=1S/C11H13IN4O2/c12-7-3-8(9-2-1-6(4-17)18-9)16-10(7)11(13)14-5-15-16/h3,5-6,9,17H,1-2,4H2,(H2,13,14,15)/t6-,9+/m0/s1. The summed E-state index contributed by atoms with van der Waals surface area (Å²) in [5, 5.41) is 13.4. The topological polar surface area (TPSA) is 85.7 Å². The lowest BCUT2D eigenvalue weighted by atomic mass is 10.1. The number of aliphatic hydroxyl groups is 1. The first-order valence-corrected chi connectivity index (χ1v) is 6.82. The fraction of sp³-hybridized carbons (Fsp3) is 0.455. The zero-order valence-corrected chi connectivity index (χ0v) is 11.7. The molecule has 0 bridgehead atoms. The van der Waals surface area contributed by atoms with Crippen LogP contribution in [0.4, 0.5) is 5.82 Å². The Balaban J connectivity index is 2.06. The molecule has 2 atom stereocenters. The number of ether oxygens (including phenoxy) is 1. The quantitative estimate of drug-likeness (QED) is 0.785. The molecule has 0 radical (unpaired) electrons. The van der Waals surface area contributed by atoms with E-state index in [2.05, 4.69) is 32.7 Å². The second kappa shape index (κ2) is 4.63. The highest BCUT2D eigenvalue weighted by Crippen LogP contribution is 2.35. The minimum atomic E-state index is -0.0719. The molecular formula is C11H13IN4O2. The van der Waals surface area contributed by atoms with Crippen LogP contribution in [-0.4, -0.2) is 32.4 Å². The molecule has 96 valence electrons. The van der Waals surface area contributed by atoms with Gasteiger partial charge in [0.1, 0.15) is 17.9 Å². The lowest BCUT2D eigenvalue weighted by molar-refractivity contribution is 0.00855. The van der Waals surface area contributed by atoms with Crippen molar-refractivity contribution in [1.29, 1.82) is 0 Å². The van der Waals surface area contributed by atoms with Gasteiger partial charge in [-0.1, -0.05) is 0 Å². The van der Waals surface area contributed by atoms with Gasteiger partial charge in [-0.25, -0.2) is 9.50 Å². The molecule has 0 spiro atoms. The third-order valence-electron chi connectivity index (χ3n) is 3.20. The fourth-order valence-electron chi connectivity index (χ4n) is 2.33. The minimum Gasteiger partial charge on any atom is -0.394 e. The molecule has 3 rings (SSSR count). The molecule has 3 N–H and O–H groups in total. The number of nitrogen functional groups attached to an aromatic ring is 1. The molecule has 2 aromatic rings. The number of nitrogens with zero attached hydrogens (tertiary/aromatic N) is 3. The summed E-state index contributed by atoms with van der Waals surface area (Å²) >= 11 is 2.22. The number of hydrogen-bond donors (Lipinski definition) is 2. The highest BCUT2D eigenvalue weighted by Gasteiger charge is 2.29. The molecule has 2 aromatic heterocycles. The first-order valence-electron chi connectivity index (χ1n) is 5.74. The van der Waals surface area contributed by atoms with Gasteiger partial charge >= 0.3 is 0 Å². The Bertz CT molecular complexity index is 586. The molecule has 0 amide bonds. The summed E-state index contributed by atoms with van der Waals surface area (Å²) < 4.78 is 8.58. The summed E-state index contributed by atoms with van der Waals surface area (Å²) in [7, 11) is 0. The van der Waals surface area contributed by atoms with E-state index in [0.717, 1.165) is 27.6 Å². The number of hydrogen-bond acceptors (Lipinski definition) is 5. The van der Waals surface area contributed by atoms with Gasteiger partial charge in [0, 0.05) is 3.57 Å². The normalized spacial score (nSPS) is 23.9. The first kappa shape index (κ1) is 12.1. The molecule has 1 fully saturated rings. The van der Waals surface area contributed by atoms with E-state index in [-0.39, 0.29) is 18.8 Å². The van der Waals surface area contributed by atoms with Gasteiger partial charge in [0.15, 0.2) is 5.82 Å². The van der Waals surface area contributed by atoms with Crippen LogP contribution in [0.2, 0.25) is 0 Å². The van der Waals surface area contributed by atoms with E-state index < -0.39 is 0 Å². The lowest BCUT2D eigenvalue weighted by Crippen LogP contribution is -2.12. The number of aromatic nitrogens is 3. The average Bonchev–Trinajstić information content (AvgIpc) is 2.94. The SMILES string of the molecule is Nc1ncnn2c([C@H]3CC[C@@H](CO)O3)cc(I)c12. The zero-order valence-electron chi connectivity index (χ0n) is 9.58. The van der Waals surface area contributed by atoms with Crippen LogP contribution in [0, 0.1) is 3.57 Å². The Morgan fingerprint density at radius 2 is 2.39 bits per heavy atom. The van der Waals surface area contributed by atoms with Crippen LogP contribution in [-0.2, 0) is 4.74 Å². The number of fused-ring (bicyclic) bond motifs is 1. The maximum Gasteiger partial charge on any atom is 0.152 e. The Kier molecular flexibility index (Phi) is 3.12. The molecule has 7 heteroatoms. The highest BCUT2D eigenvalue weighted by molar-refractivity contribution is 14.1. The number of anilines is 1. The number of halogens is 1. The minimum absolute atomic E-state index is 0.0348. The number of nitrogens with two attached hydrogens (primary N) is 1. The molecular weight excluding hydrogens is 347 g/mol. The highest BCUT2D eigenvalue weighted by atomic mass is 127. The smallest absolute Gasteiger partial charge is 0.152 e. The third-order valence-corrected chi connectivity index (χ3v) is 4.03. The van der Waals surface area contributed by atoms with E-state index in [4.69, 9.17) is 15.6 Å². The second-order valence-corrected chi connectivity index (χ2v) is 5.49. The van der Waals surface area contributed by atoms with Crippen molar-refractivity contribution in [2.24, 2.45) is 0 Å². The Morgan fingerprint density at radius 3 is 3.11 bits per heavy atom. The Labute approximate surface area is 117 Å². The van der Waals surface area contributed by atoms with E-state index in [1.165, 1.54) is 6.33 Å². The number of aliphatic hydroxyl groups excluding tert-OH is 1.